The van der Waals surface area contributed by atoms with Gasteiger partial charge in [0.05, 0.1) is 6.04 Å². The molecule has 2 aliphatic carbocycles. The zero-order valence-corrected chi connectivity index (χ0v) is 12.7. The number of hydrogen-bond donors (Lipinski definition) is 0. The minimum absolute atomic E-state index is 0.596. The Morgan fingerprint density at radius 2 is 1.65 bits per heavy atom. The Hall–Kier alpha value is -1.11. The summed E-state index contributed by atoms with van der Waals surface area (Å²) in [5, 5.41) is 0. The van der Waals surface area contributed by atoms with E-state index in [1.807, 2.05) is 0 Å². The average molecular weight is 269 g/mol. The predicted molar refractivity (Wildman–Crippen MR) is 86.4 cm³/mol. The topological polar surface area (TPSA) is 12.4 Å². The van der Waals surface area contributed by atoms with Gasteiger partial charge in [0.25, 0.3) is 0 Å². The molecule has 0 aromatic heterocycles. The van der Waals surface area contributed by atoms with Crippen LogP contribution in [0.4, 0.5) is 0 Å². The molecule has 2 aliphatic rings. The maximum Gasteiger partial charge on any atom is 0.0533 e. The fourth-order valence-corrected chi connectivity index (χ4v) is 4.24. The molecule has 0 bridgehead atoms. The van der Waals surface area contributed by atoms with Crippen LogP contribution in [0.1, 0.15) is 63.9 Å². The number of aliphatic imine (C=N–C) groups is 1. The standard InChI is InChI=1S/C19H27N/c1-15(16-9-4-2-5-10-16)20-19-14-8-13-18(19)17-11-6-3-7-12-17/h2,4-5,9-10,17-19H,3,6-8,11-14H2,1H3. The monoisotopic (exact) mass is 269 g/mol. The van der Waals surface area contributed by atoms with E-state index < -0.39 is 0 Å². The molecule has 1 heteroatoms. The lowest BCUT2D eigenvalue weighted by Crippen LogP contribution is -2.24. The Morgan fingerprint density at radius 1 is 0.900 bits per heavy atom. The van der Waals surface area contributed by atoms with Crippen LogP contribution in [0.3, 0.4) is 0 Å². The van der Waals surface area contributed by atoms with Gasteiger partial charge < -0.3 is 0 Å². The van der Waals surface area contributed by atoms with Gasteiger partial charge in [0.1, 0.15) is 0 Å². The van der Waals surface area contributed by atoms with E-state index in [0.717, 1.165) is 11.8 Å². The minimum Gasteiger partial charge on any atom is -0.286 e. The molecule has 0 N–H and O–H groups in total. The van der Waals surface area contributed by atoms with Crippen LogP contribution in [0.25, 0.3) is 0 Å². The molecule has 0 amide bonds. The van der Waals surface area contributed by atoms with Crippen LogP contribution >= 0.6 is 0 Å². The lowest BCUT2D eigenvalue weighted by atomic mass is 9.78. The van der Waals surface area contributed by atoms with Crippen molar-refractivity contribution < 1.29 is 0 Å². The molecule has 0 spiro atoms. The first kappa shape index (κ1) is 13.9. The summed E-state index contributed by atoms with van der Waals surface area (Å²) in [6, 6.07) is 11.3. The van der Waals surface area contributed by atoms with Crippen LogP contribution in [-0.2, 0) is 0 Å². The quantitative estimate of drug-likeness (QED) is 0.665. The van der Waals surface area contributed by atoms with Gasteiger partial charge in [-0.15, -0.1) is 0 Å². The van der Waals surface area contributed by atoms with Gasteiger partial charge in [-0.05, 0) is 37.2 Å². The second-order valence-electron chi connectivity index (χ2n) is 6.64. The van der Waals surface area contributed by atoms with Crippen molar-refractivity contribution in [2.45, 2.75) is 64.3 Å². The van der Waals surface area contributed by atoms with E-state index in [1.165, 1.54) is 62.6 Å². The molecule has 2 unspecified atom stereocenters. The Morgan fingerprint density at radius 3 is 2.40 bits per heavy atom. The molecule has 1 nitrogen and oxygen atoms in total. The van der Waals surface area contributed by atoms with E-state index in [2.05, 4.69) is 37.3 Å². The van der Waals surface area contributed by atoms with E-state index in [0.29, 0.717) is 6.04 Å². The van der Waals surface area contributed by atoms with E-state index in [-0.39, 0.29) is 0 Å². The van der Waals surface area contributed by atoms with Crippen LogP contribution in [0, 0.1) is 11.8 Å². The molecule has 2 atom stereocenters. The lowest BCUT2D eigenvalue weighted by Gasteiger charge is -2.30. The molecule has 0 heterocycles. The minimum atomic E-state index is 0.596. The highest BCUT2D eigenvalue weighted by Gasteiger charge is 2.33. The molecule has 1 aromatic carbocycles. The SMILES string of the molecule is CC(=NC1CCCC1C1CCCCC1)c1ccccc1. The van der Waals surface area contributed by atoms with Crippen LogP contribution in [0.5, 0.6) is 0 Å². The van der Waals surface area contributed by atoms with Gasteiger partial charge in [0.2, 0.25) is 0 Å². The maximum absolute atomic E-state index is 5.12. The maximum atomic E-state index is 5.12. The second-order valence-corrected chi connectivity index (χ2v) is 6.64. The Balaban J connectivity index is 1.72. The molecule has 0 saturated heterocycles. The van der Waals surface area contributed by atoms with Crippen molar-refractivity contribution in [2.24, 2.45) is 16.8 Å². The van der Waals surface area contributed by atoms with Gasteiger partial charge in [-0.2, -0.15) is 0 Å². The summed E-state index contributed by atoms with van der Waals surface area (Å²) in [5.74, 6) is 1.83. The van der Waals surface area contributed by atoms with Gasteiger partial charge in [0.15, 0.2) is 0 Å². The van der Waals surface area contributed by atoms with Gasteiger partial charge in [-0.3, -0.25) is 4.99 Å². The predicted octanol–water partition coefficient (Wildman–Crippen LogP) is 5.24. The zero-order chi connectivity index (χ0) is 13.8. The molecule has 108 valence electrons. The average Bonchev–Trinajstić information content (AvgIpc) is 2.97. The van der Waals surface area contributed by atoms with Gasteiger partial charge in [-0.1, -0.05) is 68.9 Å². The van der Waals surface area contributed by atoms with Crippen molar-refractivity contribution in [3.63, 3.8) is 0 Å². The lowest BCUT2D eigenvalue weighted by molar-refractivity contribution is 0.235. The Bertz CT molecular complexity index is 442. The normalized spacial score (nSPS) is 28.8. The highest BCUT2D eigenvalue weighted by Crippen LogP contribution is 2.41. The highest BCUT2D eigenvalue weighted by molar-refractivity contribution is 5.98. The van der Waals surface area contributed by atoms with Crippen LogP contribution < -0.4 is 0 Å². The second kappa shape index (κ2) is 6.56. The third-order valence-corrected chi connectivity index (χ3v) is 5.34. The molecule has 0 radical (unpaired) electrons. The third-order valence-electron chi connectivity index (χ3n) is 5.34. The van der Waals surface area contributed by atoms with Crippen molar-refractivity contribution in [2.75, 3.05) is 0 Å². The van der Waals surface area contributed by atoms with E-state index >= 15 is 0 Å². The number of rotatable bonds is 3. The fraction of sp³-hybridized carbons (Fsp3) is 0.632. The first-order chi connectivity index (χ1) is 9.84. The molecule has 0 aliphatic heterocycles. The summed E-state index contributed by atoms with van der Waals surface area (Å²) in [6.45, 7) is 2.19. The summed E-state index contributed by atoms with van der Waals surface area (Å²) in [4.78, 5) is 5.12. The first-order valence-corrected chi connectivity index (χ1v) is 8.44. The summed E-state index contributed by atoms with van der Waals surface area (Å²) >= 11 is 0. The van der Waals surface area contributed by atoms with Crippen LogP contribution in [0.15, 0.2) is 35.3 Å². The van der Waals surface area contributed by atoms with E-state index in [1.54, 1.807) is 0 Å². The largest absolute Gasteiger partial charge is 0.286 e. The summed E-state index contributed by atoms with van der Waals surface area (Å²) < 4.78 is 0. The molecular formula is C19H27N. The highest BCUT2D eigenvalue weighted by atomic mass is 14.8. The molecular weight excluding hydrogens is 242 g/mol. The Kier molecular flexibility index (Phi) is 4.54. The summed E-state index contributed by atoms with van der Waals surface area (Å²) in [5.41, 5.74) is 2.53. The molecule has 3 rings (SSSR count). The molecule has 20 heavy (non-hydrogen) atoms. The summed E-state index contributed by atoms with van der Waals surface area (Å²) in [6.07, 6.45) is 11.4. The fourth-order valence-electron chi connectivity index (χ4n) is 4.24. The number of nitrogens with zero attached hydrogens (tertiary/aromatic N) is 1. The van der Waals surface area contributed by atoms with E-state index in [9.17, 15) is 0 Å². The van der Waals surface area contributed by atoms with Crippen molar-refractivity contribution in [3.05, 3.63) is 35.9 Å². The number of hydrogen-bond acceptors (Lipinski definition) is 1. The first-order valence-electron chi connectivity index (χ1n) is 8.44. The van der Waals surface area contributed by atoms with Gasteiger partial charge in [-0.25, -0.2) is 0 Å². The van der Waals surface area contributed by atoms with Crippen LogP contribution in [-0.4, -0.2) is 11.8 Å². The molecule has 2 fully saturated rings. The van der Waals surface area contributed by atoms with Crippen molar-refractivity contribution in [1.82, 2.24) is 0 Å². The van der Waals surface area contributed by atoms with Crippen molar-refractivity contribution in [3.8, 4) is 0 Å². The van der Waals surface area contributed by atoms with Gasteiger partial charge in [0, 0.05) is 5.71 Å². The van der Waals surface area contributed by atoms with E-state index in [4.69, 9.17) is 4.99 Å². The Labute approximate surface area is 123 Å². The van der Waals surface area contributed by atoms with Gasteiger partial charge >= 0.3 is 0 Å². The van der Waals surface area contributed by atoms with Crippen LogP contribution in [0.2, 0.25) is 0 Å². The summed E-state index contributed by atoms with van der Waals surface area (Å²) in [7, 11) is 0. The molecule has 1 aromatic rings. The zero-order valence-electron chi connectivity index (χ0n) is 12.7. The third kappa shape index (κ3) is 3.13. The van der Waals surface area contributed by atoms with Crippen molar-refractivity contribution in [1.29, 1.82) is 0 Å². The van der Waals surface area contributed by atoms with Crippen molar-refractivity contribution >= 4 is 5.71 Å². The smallest absolute Gasteiger partial charge is 0.0533 e. The molecule has 2 saturated carbocycles. The number of benzene rings is 1.